The molecule has 0 bridgehead atoms. The van der Waals surface area contributed by atoms with Gasteiger partial charge in [0.05, 0.1) is 124 Å². The molecule has 0 aliphatic heterocycles. The van der Waals surface area contributed by atoms with Gasteiger partial charge in [0.25, 0.3) is 0 Å². The van der Waals surface area contributed by atoms with Gasteiger partial charge in [-0.05, 0) is 154 Å². The summed E-state index contributed by atoms with van der Waals surface area (Å²) < 4.78 is 35.8. The van der Waals surface area contributed by atoms with Crippen LogP contribution >= 0.6 is 90.7 Å². The number of rotatable bonds is 10. The first-order chi connectivity index (χ1) is 54.8. The third kappa shape index (κ3) is 10.5. The van der Waals surface area contributed by atoms with Crippen molar-refractivity contribution >= 4 is 219 Å². The summed E-state index contributed by atoms with van der Waals surface area (Å²) in [5.74, 6) is 1.48. The van der Waals surface area contributed by atoms with E-state index < -0.39 is 0 Å². The molecular weight excluding hydrogens is 1540 g/mol. The number of ether oxygens (including phenoxy) is 3. The van der Waals surface area contributed by atoms with Crippen LogP contribution < -0.4 is 14.2 Å². The van der Waals surface area contributed by atoms with Gasteiger partial charge in [-0.3, -0.25) is 35.2 Å². The molecule has 10 aromatic carbocycles. The lowest BCUT2D eigenvalue weighted by Gasteiger charge is -2.08. The van der Waals surface area contributed by atoms with E-state index in [4.69, 9.17) is 44.1 Å². The summed E-state index contributed by atoms with van der Waals surface area (Å²) in [4.78, 5) is 45.5. The van der Waals surface area contributed by atoms with Crippen LogP contribution in [0.25, 0.3) is 172 Å². The van der Waals surface area contributed by atoms with Gasteiger partial charge < -0.3 is 14.2 Å². The minimum absolute atomic E-state index is 0.736. The Bertz CT molecular complexity index is 8130. The summed E-state index contributed by atoms with van der Waals surface area (Å²) >= 11 is 12.6. The van der Waals surface area contributed by atoms with E-state index in [9.17, 15) is 0 Å². The number of nitrogens with zero attached hydrogens (tertiary/aromatic N) is 16. The van der Waals surface area contributed by atoms with E-state index in [0.29, 0.717) is 0 Å². The molecule has 0 saturated heterocycles. The van der Waals surface area contributed by atoms with Crippen molar-refractivity contribution < 1.29 is 14.2 Å². The van der Waals surface area contributed by atoms with Crippen LogP contribution in [-0.4, -0.2) is 75.1 Å². The monoisotopic (exact) mass is 1580 g/mol. The molecule has 26 aromatic rings. The standard InChI is InChI=1S/2C33H18N6OS3.C18H10N4OS2/c1-2-7-26-23(6-1)35-32-38(26)29(17-42-32)40-30-18-43-33-36-25-11-9-22(16-28(25)39(30)33)20-5-3-4-19(14-20)21-8-10-24-27(15-21)37-12-13-41-31(37)34-24;1-2-7-26-23(6-1)35-32-38(26)17-29(42-32)40-30-18-39-28-16-22(9-11-25(28)36-33(39)43-30)20-5-3-4-19(14-20)21-8-10-24-27(15-21)37-12-13-41-31(37)34-24;1-3-7-13-11(5-1)19-17-21(13)9-15(24-17)23-16-10-22-14-8-4-2-6-12(14)20-18(22)25-16/h2*1-18H;1-10H. The van der Waals surface area contributed by atoms with Crippen LogP contribution in [0.15, 0.2) is 277 Å². The van der Waals surface area contributed by atoms with Crippen LogP contribution in [0.2, 0.25) is 0 Å². The zero-order valence-electron chi connectivity index (χ0n) is 57.2. The van der Waals surface area contributed by atoms with Crippen molar-refractivity contribution in [3.05, 3.63) is 277 Å². The maximum atomic E-state index is 6.55. The molecule has 111 heavy (non-hydrogen) atoms. The molecule has 0 atom stereocenters. The highest BCUT2D eigenvalue weighted by atomic mass is 32.1. The molecule has 0 amide bonds. The number of aromatic nitrogens is 16. The first-order valence-corrected chi connectivity index (χ1v) is 41.9. The van der Waals surface area contributed by atoms with E-state index in [-0.39, 0.29) is 0 Å². The second-order valence-electron chi connectivity index (χ2n) is 26.4. The minimum Gasteiger partial charge on any atom is -0.433 e. The molecule has 26 rings (SSSR count). The van der Waals surface area contributed by atoms with Crippen LogP contribution in [-0.2, 0) is 0 Å². The Labute approximate surface area is 656 Å². The van der Waals surface area contributed by atoms with Gasteiger partial charge >= 0.3 is 0 Å². The molecular formula is C84H46N16O3S8. The second kappa shape index (κ2) is 24.8. The van der Waals surface area contributed by atoms with Crippen LogP contribution in [0.1, 0.15) is 0 Å². The van der Waals surface area contributed by atoms with Gasteiger partial charge in [0.15, 0.2) is 39.7 Å². The molecule has 0 aliphatic carbocycles. The lowest BCUT2D eigenvalue weighted by atomic mass is 9.98. The Balaban J connectivity index is 0.000000101. The molecule has 0 fully saturated rings. The van der Waals surface area contributed by atoms with Crippen molar-refractivity contribution in [1.82, 2.24) is 75.1 Å². The third-order valence-corrected chi connectivity index (χ3v) is 26.5. The summed E-state index contributed by atoms with van der Waals surface area (Å²) in [5.41, 5.74) is 25.7. The molecule has 0 spiro atoms. The van der Waals surface area contributed by atoms with Crippen LogP contribution in [0.4, 0.5) is 0 Å². The van der Waals surface area contributed by atoms with Crippen LogP contribution in [0, 0.1) is 0 Å². The lowest BCUT2D eigenvalue weighted by molar-refractivity contribution is 0.442. The molecule has 0 radical (unpaired) electrons. The van der Waals surface area contributed by atoms with E-state index >= 15 is 0 Å². The molecule has 19 nitrogen and oxygen atoms in total. The third-order valence-electron chi connectivity index (χ3n) is 19.9. The average molecular weight is 1580 g/mol. The highest BCUT2D eigenvalue weighted by Gasteiger charge is 2.22. The molecule has 16 aromatic heterocycles. The minimum atomic E-state index is 0.736. The number of fused-ring (bicyclic) bond motifs is 24. The zero-order valence-corrected chi connectivity index (χ0v) is 63.7. The van der Waals surface area contributed by atoms with Crippen molar-refractivity contribution in [3.8, 4) is 76.5 Å². The van der Waals surface area contributed by atoms with E-state index in [2.05, 4.69) is 214 Å². The van der Waals surface area contributed by atoms with E-state index in [1.165, 1.54) is 33.8 Å². The summed E-state index contributed by atoms with van der Waals surface area (Å²) in [5, 5.41) is 11.4. The molecule has 0 N–H and O–H groups in total. The fraction of sp³-hybridized carbons (Fsp3) is 0. The van der Waals surface area contributed by atoms with Crippen LogP contribution in [0.3, 0.4) is 0 Å². The fourth-order valence-corrected chi connectivity index (χ4v) is 21.4. The largest absolute Gasteiger partial charge is 0.433 e. The van der Waals surface area contributed by atoms with Crippen molar-refractivity contribution in [3.63, 3.8) is 0 Å². The average Bonchev–Trinajstić information content (AvgIpc) is 1.61. The van der Waals surface area contributed by atoms with Gasteiger partial charge in [-0.1, -0.05) is 155 Å². The van der Waals surface area contributed by atoms with Crippen molar-refractivity contribution in [2.24, 2.45) is 0 Å². The summed E-state index contributed by atoms with van der Waals surface area (Å²) in [6.45, 7) is 0. The number of benzene rings is 10. The Kier molecular flexibility index (Phi) is 14.1. The lowest BCUT2D eigenvalue weighted by Crippen LogP contribution is -1.92. The van der Waals surface area contributed by atoms with Crippen molar-refractivity contribution in [2.45, 2.75) is 0 Å². The van der Waals surface area contributed by atoms with E-state index in [0.717, 1.165) is 193 Å². The number of thiazole rings is 8. The first kappa shape index (κ1) is 63.0. The van der Waals surface area contributed by atoms with Crippen molar-refractivity contribution in [1.29, 1.82) is 0 Å². The SMILES string of the molecule is c1cc(-c2ccc3nc4sccn4c3c2)cc(-c2ccc3nc4sc(Oc5cn6c(nc7ccccc76)s5)cn4c3c2)c1.c1cc(-c2ccc3nc4sccn4c3c2)cc(-c2ccc3nc4scc(Oc5csc6nc7ccccc7n56)n4c3c2)c1.c1ccc2c(c1)nc1sc(Oc3cn4c(nc5ccccc54)s3)cn12. The summed E-state index contributed by atoms with van der Waals surface area (Å²) in [6.07, 6.45) is 12.2. The highest BCUT2D eigenvalue weighted by molar-refractivity contribution is 7.21. The molecule has 16 heterocycles. The number of para-hydroxylation sites is 8. The quantitative estimate of drug-likeness (QED) is 0.128. The summed E-state index contributed by atoms with van der Waals surface area (Å²) in [6, 6.07) is 75.8. The van der Waals surface area contributed by atoms with Crippen LogP contribution in [0.5, 0.6) is 32.0 Å². The predicted octanol–water partition coefficient (Wildman–Crippen LogP) is 24.0. The maximum absolute atomic E-state index is 6.55. The smallest absolute Gasteiger partial charge is 0.219 e. The van der Waals surface area contributed by atoms with E-state index in [1.54, 1.807) is 68.0 Å². The molecule has 0 unspecified atom stereocenters. The fourth-order valence-electron chi connectivity index (χ4n) is 14.8. The van der Waals surface area contributed by atoms with Gasteiger partial charge in [-0.2, -0.15) is 0 Å². The van der Waals surface area contributed by atoms with Gasteiger partial charge in [0, 0.05) is 23.2 Å². The molecule has 0 aliphatic rings. The van der Waals surface area contributed by atoms with Gasteiger partial charge in [-0.25, -0.2) is 39.9 Å². The number of imidazole rings is 8. The predicted molar refractivity (Wildman–Crippen MR) is 454 cm³/mol. The Hall–Kier alpha value is -13.0. The molecule has 0 saturated carbocycles. The molecule has 27 heteroatoms. The number of hydrogen-bond acceptors (Lipinski definition) is 19. The first-order valence-electron chi connectivity index (χ1n) is 35.1. The normalized spacial score (nSPS) is 12.1. The van der Waals surface area contributed by atoms with Gasteiger partial charge in [0.2, 0.25) is 32.0 Å². The van der Waals surface area contributed by atoms with E-state index in [1.807, 2.05) is 108 Å². The zero-order chi connectivity index (χ0) is 72.5. The number of hydrogen-bond donors (Lipinski definition) is 0. The van der Waals surface area contributed by atoms with Gasteiger partial charge in [0.1, 0.15) is 0 Å². The Morgan fingerprint density at radius 3 is 0.928 bits per heavy atom. The molecule has 528 valence electrons. The Morgan fingerprint density at radius 1 is 0.225 bits per heavy atom. The topological polar surface area (TPSA) is 166 Å². The van der Waals surface area contributed by atoms with Gasteiger partial charge in [-0.15, -0.1) is 45.3 Å². The second-order valence-corrected chi connectivity index (χ2v) is 33.7. The highest BCUT2D eigenvalue weighted by Crippen LogP contribution is 2.43. The Morgan fingerprint density at radius 2 is 0.523 bits per heavy atom. The summed E-state index contributed by atoms with van der Waals surface area (Å²) in [7, 11) is 0. The maximum Gasteiger partial charge on any atom is 0.219 e. The van der Waals surface area contributed by atoms with Crippen molar-refractivity contribution in [2.75, 3.05) is 0 Å².